The van der Waals surface area contributed by atoms with Crippen LogP contribution in [-0.2, 0) is 0 Å². The highest BCUT2D eigenvalue weighted by Crippen LogP contribution is 2.32. The summed E-state index contributed by atoms with van der Waals surface area (Å²) in [5.41, 5.74) is 1.57. The molecule has 1 N–H and O–H groups in total. The molecule has 1 aliphatic carbocycles. The summed E-state index contributed by atoms with van der Waals surface area (Å²) in [7, 11) is 1.91. The van der Waals surface area contributed by atoms with E-state index in [1.54, 1.807) is 0 Å². The molecule has 1 amide bonds. The summed E-state index contributed by atoms with van der Waals surface area (Å²) in [6, 6.07) is 2.25. The molecule has 2 rings (SSSR count). The van der Waals surface area contributed by atoms with E-state index in [2.05, 4.69) is 31.0 Å². The molecule has 1 aliphatic rings. The molecule has 0 spiro atoms. The lowest BCUT2D eigenvalue weighted by Gasteiger charge is -2.23. The minimum atomic E-state index is 0.0419. The van der Waals surface area contributed by atoms with Crippen LogP contribution in [0.1, 0.15) is 62.1 Å². The van der Waals surface area contributed by atoms with Crippen LogP contribution in [0.5, 0.6) is 0 Å². The number of carbonyl (C=O) groups excluding carboxylic acids is 1. The monoisotopic (exact) mass is 295 g/mol. The van der Waals surface area contributed by atoms with E-state index in [0.29, 0.717) is 22.9 Å². The third kappa shape index (κ3) is 3.37. The average Bonchev–Trinajstić information content (AvgIpc) is 3.06. The van der Waals surface area contributed by atoms with Crippen molar-refractivity contribution in [2.45, 2.75) is 57.2 Å². The largest absolute Gasteiger partial charge is 0.337 e. The first-order valence-electron chi connectivity index (χ1n) is 7.47. The Morgan fingerprint density at radius 1 is 1.55 bits per heavy atom. The third-order valence-electron chi connectivity index (χ3n) is 4.07. The molecule has 1 fully saturated rings. The van der Waals surface area contributed by atoms with E-state index in [4.69, 9.17) is 0 Å². The van der Waals surface area contributed by atoms with Crippen molar-refractivity contribution in [2.24, 2.45) is 0 Å². The van der Waals surface area contributed by atoms with Crippen LogP contribution in [0.3, 0.4) is 0 Å². The zero-order valence-corrected chi connectivity index (χ0v) is 13.7. The van der Waals surface area contributed by atoms with Gasteiger partial charge in [-0.2, -0.15) is 16.9 Å². The Morgan fingerprint density at radius 2 is 2.30 bits per heavy atom. The van der Waals surface area contributed by atoms with Gasteiger partial charge in [0.25, 0.3) is 5.91 Å². The minimum Gasteiger partial charge on any atom is -0.337 e. The number of rotatable bonds is 5. The molecule has 2 unspecified atom stereocenters. The molecular formula is C15H25N3OS. The summed E-state index contributed by atoms with van der Waals surface area (Å²) in [6.45, 7) is 6.38. The summed E-state index contributed by atoms with van der Waals surface area (Å²) < 4.78 is 0. The standard InChI is InChI=1S/C15H25N3OS/c1-5-20-12-7-6-11(8-12)18(4)15(19)14-9-13(10(2)3)16-17-14/h9-12H,5-8H2,1-4H3,(H,16,17). The summed E-state index contributed by atoms with van der Waals surface area (Å²) in [5.74, 6) is 1.57. The average molecular weight is 295 g/mol. The predicted octanol–water partition coefficient (Wildman–Crippen LogP) is 3.28. The van der Waals surface area contributed by atoms with E-state index in [9.17, 15) is 4.79 Å². The van der Waals surface area contributed by atoms with E-state index in [1.807, 2.05) is 29.8 Å². The summed E-state index contributed by atoms with van der Waals surface area (Å²) in [4.78, 5) is 14.4. The second kappa shape index (κ2) is 6.66. The number of aromatic nitrogens is 2. The molecule has 1 saturated carbocycles. The van der Waals surface area contributed by atoms with Gasteiger partial charge in [-0.05, 0) is 37.0 Å². The first-order chi connectivity index (χ1) is 9.52. The van der Waals surface area contributed by atoms with Crippen LogP contribution < -0.4 is 0 Å². The van der Waals surface area contributed by atoms with E-state index < -0.39 is 0 Å². The lowest BCUT2D eigenvalue weighted by Crippen LogP contribution is -2.35. The fourth-order valence-corrected chi connectivity index (χ4v) is 3.88. The van der Waals surface area contributed by atoms with E-state index >= 15 is 0 Å². The van der Waals surface area contributed by atoms with Gasteiger partial charge in [0.2, 0.25) is 0 Å². The van der Waals surface area contributed by atoms with Gasteiger partial charge in [-0.1, -0.05) is 20.8 Å². The van der Waals surface area contributed by atoms with Crippen molar-refractivity contribution in [3.8, 4) is 0 Å². The molecule has 112 valence electrons. The number of nitrogens with zero attached hydrogens (tertiary/aromatic N) is 2. The van der Waals surface area contributed by atoms with Gasteiger partial charge in [-0.25, -0.2) is 0 Å². The number of thioether (sulfide) groups is 1. The van der Waals surface area contributed by atoms with Crippen LogP contribution >= 0.6 is 11.8 Å². The number of amides is 1. The second-order valence-electron chi connectivity index (χ2n) is 5.82. The van der Waals surface area contributed by atoms with Crippen LogP contribution in [0.25, 0.3) is 0 Å². The Hall–Kier alpha value is -0.970. The topological polar surface area (TPSA) is 49.0 Å². The summed E-state index contributed by atoms with van der Waals surface area (Å²) in [5, 5.41) is 7.84. The highest BCUT2D eigenvalue weighted by Gasteiger charge is 2.31. The van der Waals surface area contributed by atoms with Gasteiger partial charge < -0.3 is 4.90 Å². The maximum absolute atomic E-state index is 12.5. The predicted molar refractivity (Wildman–Crippen MR) is 84.3 cm³/mol. The molecule has 0 aromatic carbocycles. The number of aromatic amines is 1. The smallest absolute Gasteiger partial charge is 0.274 e. The molecule has 1 heterocycles. The maximum Gasteiger partial charge on any atom is 0.274 e. The van der Waals surface area contributed by atoms with Crippen molar-refractivity contribution < 1.29 is 4.79 Å². The Morgan fingerprint density at radius 3 is 2.90 bits per heavy atom. The molecule has 0 bridgehead atoms. The normalized spacial score (nSPS) is 22.4. The van der Waals surface area contributed by atoms with Crippen LogP contribution in [-0.4, -0.2) is 45.1 Å². The van der Waals surface area contributed by atoms with Gasteiger partial charge >= 0.3 is 0 Å². The summed E-state index contributed by atoms with van der Waals surface area (Å²) in [6.07, 6.45) is 3.45. The highest BCUT2D eigenvalue weighted by atomic mass is 32.2. The Labute approximate surface area is 125 Å². The van der Waals surface area contributed by atoms with Crippen molar-refractivity contribution in [1.82, 2.24) is 15.1 Å². The SMILES string of the molecule is CCSC1CCC(N(C)C(=O)c2cc(C(C)C)[nH]n2)C1. The molecule has 0 saturated heterocycles. The minimum absolute atomic E-state index is 0.0419. The maximum atomic E-state index is 12.5. The van der Waals surface area contributed by atoms with E-state index in [1.165, 1.54) is 6.42 Å². The fraction of sp³-hybridized carbons (Fsp3) is 0.733. The van der Waals surface area contributed by atoms with Crippen molar-refractivity contribution in [3.63, 3.8) is 0 Å². The van der Waals surface area contributed by atoms with E-state index in [0.717, 1.165) is 24.3 Å². The van der Waals surface area contributed by atoms with Gasteiger partial charge in [0.15, 0.2) is 0 Å². The van der Waals surface area contributed by atoms with Crippen molar-refractivity contribution in [2.75, 3.05) is 12.8 Å². The number of H-pyrrole nitrogens is 1. The van der Waals surface area contributed by atoms with Crippen molar-refractivity contribution in [1.29, 1.82) is 0 Å². The molecule has 0 radical (unpaired) electrons. The van der Waals surface area contributed by atoms with Crippen LogP contribution in [0.15, 0.2) is 6.07 Å². The molecule has 5 heteroatoms. The Kier molecular flexibility index (Phi) is 5.13. The van der Waals surface area contributed by atoms with Gasteiger partial charge in [0.1, 0.15) is 5.69 Å². The first kappa shape index (κ1) is 15.4. The molecule has 0 aliphatic heterocycles. The molecule has 2 atom stereocenters. The van der Waals surface area contributed by atoms with Crippen LogP contribution in [0.4, 0.5) is 0 Å². The second-order valence-corrected chi connectivity index (χ2v) is 7.40. The van der Waals surface area contributed by atoms with Crippen LogP contribution in [0.2, 0.25) is 0 Å². The third-order valence-corrected chi connectivity index (χ3v) is 5.30. The Bertz CT molecular complexity index is 458. The lowest BCUT2D eigenvalue weighted by molar-refractivity contribution is 0.0729. The Balaban J connectivity index is 1.98. The van der Waals surface area contributed by atoms with Crippen LogP contribution in [0, 0.1) is 0 Å². The molecule has 1 aromatic rings. The van der Waals surface area contributed by atoms with Gasteiger partial charge in [-0.3, -0.25) is 9.89 Å². The lowest BCUT2D eigenvalue weighted by atomic mass is 10.1. The number of hydrogen-bond donors (Lipinski definition) is 1. The van der Waals surface area contributed by atoms with E-state index in [-0.39, 0.29) is 5.91 Å². The van der Waals surface area contributed by atoms with Gasteiger partial charge in [0, 0.05) is 24.0 Å². The first-order valence-corrected chi connectivity index (χ1v) is 8.51. The van der Waals surface area contributed by atoms with Gasteiger partial charge in [-0.15, -0.1) is 0 Å². The zero-order chi connectivity index (χ0) is 14.7. The molecule has 20 heavy (non-hydrogen) atoms. The number of nitrogens with one attached hydrogen (secondary N) is 1. The van der Waals surface area contributed by atoms with Crippen molar-refractivity contribution in [3.05, 3.63) is 17.5 Å². The summed E-state index contributed by atoms with van der Waals surface area (Å²) >= 11 is 2.02. The number of hydrogen-bond acceptors (Lipinski definition) is 3. The fourth-order valence-electron chi connectivity index (χ4n) is 2.74. The molecule has 1 aromatic heterocycles. The number of carbonyl (C=O) groups is 1. The van der Waals surface area contributed by atoms with Crippen molar-refractivity contribution >= 4 is 17.7 Å². The molecular weight excluding hydrogens is 270 g/mol. The zero-order valence-electron chi connectivity index (χ0n) is 12.8. The quantitative estimate of drug-likeness (QED) is 0.907. The van der Waals surface area contributed by atoms with Gasteiger partial charge in [0.05, 0.1) is 0 Å². The highest BCUT2D eigenvalue weighted by molar-refractivity contribution is 7.99. The molecule has 4 nitrogen and oxygen atoms in total.